The zero-order valence-corrected chi connectivity index (χ0v) is 13.0. The summed E-state index contributed by atoms with van der Waals surface area (Å²) in [6.07, 6.45) is 4.92. The summed E-state index contributed by atoms with van der Waals surface area (Å²) in [7, 11) is -3.24. The van der Waals surface area contributed by atoms with Crippen molar-refractivity contribution in [3.63, 3.8) is 0 Å². The topological polar surface area (TPSA) is 63.2 Å². The van der Waals surface area contributed by atoms with Crippen LogP contribution in [0, 0.1) is 0 Å². The highest BCUT2D eigenvalue weighted by Gasteiger charge is 2.09. The molecule has 0 aliphatic carbocycles. The number of carbonyl (C=O) groups excluding carboxylic acids is 1. The summed E-state index contributed by atoms with van der Waals surface area (Å²) in [4.78, 5) is 12.1. The lowest BCUT2D eigenvalue weighted by atomic mass is 10.2. The lowest BCUT2D eigenvalue weighted by Gasteiger charge is -2.03. The van der Waals surface area contributed by atoms with Crippen LogP contribution in [0.2, 0.25) is 0 Å². The van der Waals surface area contributed by atoms with Gasteiger partial charge in [0.05, 0.1) is 4.90 Å². The zero-order chi connectivity index (χ0) is 16.0. The molecule has 0 aromatic heterocycles. The van der Waals surface area contributed by atoms with E-state index in [1.165, 1.54) is 24.3 Å². The van der Waals surface area contributed by atoms with Crippen molar-refractivity contribution in [1.82, 2.24) is 5.32 Å². The van der Waals surface area contributed by atoms with Gasteiger partial charge in [0.2, 0.25) is 0 Å². The third-order valence-corrected chi connectivity index (χ3v) is 4.16. The van der Waals surface area contributed by atoms with Gasteiger partial charge in [-0.05, 0) is 29.8 Å². The monoisotopic (exact) mass is 315 g/mol. The van der Waals surface area contributed by atoms with Crippen molar-refractivity contribution in [2.24, 2.45) is 0 Å². The molecular formula is C17H17NO3S. The van der Waals surface area contributed by atoms with Gasteiger partial charge in [0, 0.05) is 18.4 Å². The lowest BCUT2D eigenvalue weighted by Crippen LogP contribution is -2.23. The first-order valence-electron chi connectivity index (χ1n) is 6.77. The quantitative estimate of drug-likeness (QED) is 0.922. The Kier molecular flexibility index (Phi) is 5.12. The summed E-state index contributed by atoms with van der Waals surface area (Å²) in [5.41, 5.74) is 1.50. The highest BCUT2D eigenvalue weighted by atomic mass is 32.2. The lowest BCUT2D eigenvalue weighted by molar-refractivity contribution is 0.0958. The predicted molar refractivity (Wildman–Crippen MR) is 87.4 cm³/mol. The molecule has 114 valence electrons. The second-order valence-corrected chi connectivity index (χ2v) is 6.84. The number of benzene rings is 2. The van der Waals surface area contributed by atoms with Crippen LogP contribution in [0.1, 0.15) is 15.9 Å². The van der Waals surface area contributed by atoms with E-state index in [0.717, 1.165) is 11.8 Å². The molecule has 2 rings (SSSR count). The third kappa shape index (κ3) is 4.56. The summed E-state index contributed by atoms with van der Waals surface area (Å²) >= 11 is 0. The van der Waals surface area contributed by atoms with Crippen LogP contribution in [0.15, 0.2) is 65.6 Å². The summed E-state index contributed by atoms with van der Waals surface area (Å²) in [5, 5.41) is 2.75. The van der Waals surface area contributed by atoms with E-state index in [2.05, 4.69) is 5.32 Å². The SMILES string of the molecule is CS(=O)(=O)c1ccc(C(=O)NC/C=C/c2ccccc2)cc1. The average Bonchev–Trinajstić information content (AvgIpc) is 2.52. The van der Waals surface area contributed by atoms with Crippen molar-refractivity contribution in [2.45, 2.75) is 4.90 Å². The number of sulfone groups is 1. The fourth-order valence-electron chi connectivity index (χ4n) is 1.87. The Hall–Kier alpha value is -2.40. The van der Waals surface area contributed by atoms with Gasteiger partial charge in [0.25, 0.3) is 5.91 Å². The minimum absolute atomic E-state index is 0.202. The smallest absolute Gasteiger partial charge is 0.251 e. The Bertz CT molecular complexity index is 763. The molecule has 0 fully saturated rings. The van der Waals surface area contributed by atoms with Crippen LogP contribution in [0.5, 0.6) is 0 Å². The number of hydrogen-bond acceptors (Lipinski definition) is 3. The van der Waals surface area contributed by atoms with Crippen LogP contribution in [0.4, 0.5) is 0 Å². The van der Waals surface area contributed by atoms with Gasteiger partial charge in [-0.1, -0.05) is 42.5 Å². The molecule has 1 amide bonds. The van der Waals surface area contributed by atoms with E-state index in [9.17, 15) is 13.2 Å². The standard InChI is InChI=1S/C17H17NO3S/c1-22(20,21)16-11-9-15(10-12-16)17(19)18-13-5-8-14-6-3-2-4-7-14/h2-12H,13H2,1H3,(H,18,19)/b8-5+. The van der Waals surface area contributed by atoms with Crippen LogP contribution in [-0.4, -0.2) is 27.1 Å². The first kappa shape index (κ1) is 16.0. The van der Waals surface area contributed by atoms with E-state index >= 15 is 0 Å². The summed E-state index contributed by atoms with van der Waals surface area (Å²) in [5.74, 6) is -0.238. The number of carbonyl (C=O) groups is 1. The van der Waals surface area contributed by atoms with Crippen LogP contribution in [-0.2, 0) is 9.84 Å². The molecular weight excluding hydrogens is 298 g/mol. The maximum absolute atomic E-state index is 11.9. The van der Waals surface area contributed by atoms with Crippen molar-refractivity contribution < 1.29 is 13.2 Å². The Morgan fingerprint density at radius 2 is 1.68 bits per heavy atom. The summed E-state index contributed by atoms with van der Waals surface area (Å²) in [6, 6.07) is 15.7. The molecule has 1 N–H and O–H groups in total. The van der Waals surface area contributed by atoms with Gasteiger partial charge < -0.3 is 5.32 Å². The number of rotatable bonds is 5. The predicted octanol–water partition coefficient (Wildman–Crippen LogP) is 2.53. The minimum Gasteiger partial charge on any atom is -0.349 e. The molecule has 0 unspecified atom stereocenters. The molecule has 0 aliphatic rings. The van der Waals surface area contributed by atoms with E-state index in [1.807, 2.05) is 42.5 Å². The fourth-order valence-corrected chi connectivity index (χ4v) is 2.50. The molecule has 0 atom stereocenters. The van der Waals surface area contributed by atoms with Gasteiger partial charge in [0.15, 0.2) is 9.84 Å². The van der Waals surface area contributed by atoms with Gasteiger partial charge in [-0.3, -0.25) is 4.79 Å². The first-order chi connectivity index (χ1) is 10.5. The Labute approximate surface area is 130 Å². The van der Waals surface area contributed by atoms with Crippen molar-refractivity contribution in [3.8, 4) is 0 Å². The van der Waals surface area contributed by atoms with E-state index in [-0.39, 0.29) is 10.8 Å². The Balaban J connectivity index is 1.91. The van der Waals surface area contributed by atoms with Gasteiger partial charge >= 0.3 is 0 Å². The Morgan fingerprint density at radius 3 is 2.27 bits per heavy atom. The van der Waals surface area contributed by atoms with E-state index < -0.39 is 9.84 Å². The molecule has 2 aromatic carbocycles. The first-order valence-corrected chi connectivity index (χ1v) is 8.66. The van der Waals surface area contributed by atoms with Crippen LogP contribution < -0.4 is 5.32 Å². The minimum atomic E-state index is -3.24. The summed E-state index contributed by atoms with van der Waals surface area (Å²) < 4.78 is 22.7. The molecule has 0 saturated carbocycles. The molecule has 0 bridgehead atoms. The van der Waals surface area contributed by atoms with Crippen molar-refractivity contribution in [3.05, 3.63) is 71.8 Å². The average molecular weight is 315 g/mol. The Morgan fingerprint density at radius 1 is 1.05 bits per heavy atom. The van der Waals surface area contributed by atoms with E-state index in [0.29, 0.717) is 12.1 Å². The zero-order valence-electron chi connectivity index (χ0n) is 12.2. The largest absolute Gasteiger partial charge is 0.349 e. The second-order valence-electron chi connectivity index (χ2n) is 4.82. The fraction of sp³-hybridized carbons (Fsp3) is 0.118. The number of hydrogen-bond donors (Lipinski definition) is 1. The highest BCUT2D eigenvalue weighted by Crippen LogP contribution is 2.10. The van der Waals surface area contributed by atoms with Gasteiger partial charge in [-0.25, -0.2) is 8.42 Å². The van der Waals surface area contributed by atoms with Crippen LogP contribution in [0.25, 0.3) is 6.08 Å². The molecule has 22 heavy (non-hydrogen) atoms. The van der Waals surface area contributed by atoms with Crippen LogP contribution in [0.3, 0.4) is 0 Å². The van der Waals surface area contributed by atoms with Gasteiger partial charge in [-0.15, -0.1) is 0 Å². The molecule has 0 spiro atoms. The van der Waals surface area contributed by atoms with Gasteiger partial charge in [-0.2, -0.15) is 0 Å². The van der Waals surface area contributed by atoms with Gasteiger partial charge in [0.1, 0.15) is 0 Å². The maximum Gasteiger partial charge on any atom is 0.251 e. The second kappa shape index (κ2) is 7.04. The summed E-state index contributed by atoms with van der Waals surface area (Å²) in [6.45, 7) is 0.404. The van der Waals surface area contributed by atoms with E-state index in [4.69, 9.17) is 0 Å². The normalized spacial score (nSPS) is 11.5. The maximum atomic E-state index is 11.9. The molecule has 0 saturated heterocycles. The van der Waals surface area contributed by atoms with Crippen molar-refractivity contribution >= 4 is 21.8 Å². The third-order valence-electron chi connectivity index (χ3n) is 3.04. The van der Waals surface area contributed by atoms with Crippen molar-refractivity contribution in [1.29, 1.82) is 0 Å². The molecule has 2 aromatic rings. The molecule has 0 aliphatic heterocycles. The molecule has 0 heterocycles. The molecule has 0 radical (unpaired) electrons. The van der Waals surface area contributed by atoms with Crippen LogP contribution >= 0.6 is 0 Å². The number of nitrogens with one attached hydrogen (secondary N) is 1. The highest BCUT2D eigenvalue weighted by molar-refractivity contribution is 7.90. The number of amides is 1. The molecule has 5 heteroatoms. The molecule has 4 nitrogen and oxygen atoms in total. The van der Waals surface area contributed by atoms with E-state index in [1.54, 1.807) is 0 Å². The van der Waals surface area contributed by atoms with Crippen molar-refractivity contribution in [2.75, 3.05) is 12.8 Å².